The van der Waals surface area contributed by atoms with Gasteiger partial charge in [0.1, 0.15) is 0 Å². The van der Waals surface area contributed by atoms with Crippen LogP contribution in [0.25, 0.3) is 0 Å². The molecule has 0 bridgehead atoms. The second-order valence-corrected chi connectivity index (χ2v) is 6.83. The molecule has 1 heterocycles. The van der Waals surface area contributed by atoms with Gasteiger partial charge >= 0.3 is 0 Å². The van der Waals surface area contributed by atoms with E-state index in [-0.39, 0.29) is 29.1 Å². The lowest BCUT2D eigenvalue weighted by Crippen LogP contribution is -2.51. The van der Waals surface area contributed by atoms with Gasteiger partial charge in [-0.05, 0) is 32.6 Å². The molecule has 0 aromatic rings. The van der Waals surface area contributed by atoms with Crippen LogP contribution in [0, 0.1) is 24.2 Å². The molecule has 1 unspecified atom stereocenters. The van der Waals surface area contributed by atoms with E-state index in [9.17, 15) is 9.59 Å². The molecule has 2 amide bonds. The number of primary amides is 1. The minimum Gasteiger partial charge on any atom is -0.385 e. The molecule has 1 saturated carbocycles. The predicted molar refractivity (Wildman–Crippen MR) is 106 cm³/mol. The zero-order chi connectivity index (χ0) is 21.1. The van der Waals surface area contributed by atoms with Gasteiger partial charge in [0.2, 0.25) is 11.8 Å². The molecule has 150 valence electrons. The van der Waals surface area contributed by atoms with Crippen molar-refractivity contribution in [2.45, 2.75) is 59.9 Å². The van der Waals surface area contributed by atoms with Crippen molar-refractivity contribution in [3.8, 4) is 12.8 Å². The number of hydrogen-bond acceptors (Lipinski definition) is 5. The Morgan fingerprint density at radius 2 is 1.81 bits per heavy atom. The van der Waals surface area contributed by atoms with Crippen molar-refractivity contribution in [1.29, 1.82) is 0 Å². The smallest absolute Gasteiger partial charge is 0.231 e. The van der Waals surface area contributed by atoms with Crippen molar-refractivity contribution in [3.05, 3.63) is 0 Å². The van der Waals surface area contributed by atoms with Crippen LogP contribution in [0.15, 0.2) is 4.99 Å². The Balaban J connectivity index is 0. The van der Waals surface area contributed by atoms with E-state index in [0.717, 1.165) is 6.61 Å². The predicted octanol–water partition coefficient (Wildman–Crippen LogP) is 1.75. The summed E-state index contributed by atoms with van der Waals surface area (Å²) in [6, 6.07) is 0. The summed E-state index contributed by atoms with van der Waals surface area (Å²) in [4.78, 5) is 29.0. The number of carbonyl (C=O) groups is 2. The van der Waals surface area contributed by atoms with Crippen molar-refractivity contribution in [2.75, 3.05) is 20.3 Å². The van der Waals surface area contributed by atoms with Crippen molar-refractivity contribution in [1.82, 2.24) is 4.90 Å². The summed E-state index contributed by atoms with van der Waals surface area (Å²) in [5.41, 5.74) is 10.4. The van der Waals surface area contributed by atoms with E-state index >= 15 is 0 Å². The first-order valence-electron chi connectivity index (χ1n) is 8.83. The minimum absolute atomic E-state index is 0.0381. The lowest BCUT2D eigenvalue weighted by Gasteiger charge is -2.34. The van der Waals surface area contributed by atoms with E-state index in [0.29, 0.717) is 19.4 Å². The molecule has 1 fully saturated rings. The Bertz CT molecular complexity index is 512. The lowest BCUT2D eigenvalue weighted by molar-refractivity contribution is -0.130. The van der Waals surface area contributed by atoms with Gasteiger partial charge in [0, 0.05) is 26.2 Å². The Morgan fingerprint density at radius 3 is 2.12 bits per heavy atom. The number of aliphatic imine (C=N–C) groups is 1. The Morgan fingerprint density at radius 1 is 1.35 bits per heavy atom. The number of rotatable bonds is 4. The number of ether oxygens (including phenoxy) is 1. The zero-order valence-electron chi connectivity index (χ0n) is 17.3. The summed E-state index contributed by atoms with van der Waals surface area (Å²) in [5, 5.41) is 0. The van der Waals surface area contributed by atoms with E-state index in [1.807, 2.05) is 41.5 Å². The van der Waals surface area contributed by atoms with Crippen LogP contribution in [0.4, 0.5) is 0 Å². The van der Waals surface area contributed by atoms with Gasteiger partial charge < -0.3 is 16.2 Å². The first kappa shape index (κ1) is 26.2. The molecule has 0 saturated heterocycles. The average molecular weight is 369 g/mol. The molecule has 4 N–H and O–H groups in total. The Kier molecular flexibility index (Phi) is 11.6. The maximum Gasteiger partial charge on any atom is 0.231 e. The van der Waals surface area contributed by atoms with Gasteiger partial charge in [-0.2, -0.15) is 0 Å². The van der Waals surface area contributed by atoms with Crippen LogP contribution in [-0.4, -0.2) is 48.5 Å². The van der Waals surface area contributed by atoms with Crippen LogP contribution in [0.2, 0.25) is 0 Å². The number of terminal acetylenes is 1. The van der Waals surface area contributed by atoms with Gasteiger partial charge in [0.05, 0.1) is 12.0 Å². The summed E-state index contributed by atoms with van der Waals surface area (Å²) in [6.45, 7) is 12.9. The average Bonchev–Trinajstić information content (AvgIpc) is 3.26. The second-order valence-electron chi connectivity index (χ2n) is 6.83. The van der Waals surface area contributed by atoms with Gasteiger partial charge in [0.15, 0.2) is 5.96 Å². The van der Waals surface area contributed by atoms with E-state index in [2.05, 4.69) is 22.6 Å². The number of nitrogens with zero attached hydrogens (tertiary/aromatic N) is 2. The highest BCUT2D eigenvalue weighted by molar-refractivity contribution is 5.99. The van der Waals surface area contributed by atoms with Crippen LogP contribution in [-0.2, 0) is 14.3 Å². The fraction of sp³-hybridized carbons (Fsp3) is 0.737. The number of guanidine groups is 1. The molecule has 0 aromatic carbocycles. The van der Waals surface area contributed by atoms with Gasteiger partial charge in [0.25, 0.3) is 0 Å². The molecule has 0 spiro atoms. The van der Waals surface area contributed by atoms with Crippen LogP contribution < -0.4 is 11.5 Å². The van der Waals surface area contributed by atoms with Crippen LogP contribution >= 0.6 is 0 Å². The first-order valence-corrected chi connectivity index (χ1v) is 8.83. The number of hydrogen-bond donors (Lipinski definition) is 2. The van der Waals surface area contributed by atoms with Gasteiger partial charge in [-0.15, -0.1) is 12.8 Å². The highest BCUT2D eigenvalue weighted by Crippen LogP contribution is 2.52. The van der Waals surface area contributed by atoms with Crippen LogP contribution in [0.1, 0.15) is 54.4 Å². The number of amides is 2. The maximum atomic E-state index is 12.1. The largest absolute Gasteiger partial charge is 0.385 e. The van der Waals surface area contributed by atoms with Crippen molar-refractivity contribution >= 4 is 17.8 Å². The van der Waals surface area contributed by atoms with Gasteiger partial charge in [-0.3, -0.25) is 14.5 Å². The van der Waals surface area contributed by atoms with Crippen LogP contribution in [0.3, 0.4) is 0 Å². The molecule has 2 rings (SSSR count). The highest BCUT2D eigenvalue weighted by atomic mass is 16.5. The third kappa shape index (κ3) is 7.87. The SMILES string of the molecule is C#C.CC.CC1(C)CC(=O)N(C[C@@]2(C)CC2C(N)=O)C(N)=N1.CCOC. The van der Waals surface area contributed by atoms with Crippen molar-refractivity contribution in [2.24, 2.45) is 27.8 Å². The van der Waals surface area contributed by atoms with Crippen molar-refractivity contribution in [3.63, 3.8) is 0 Å². The summed E-state index contributed by atoms with van der Waals surface area (Å²) in [6.07, 6.45) is 9.05. The van der Waals surface area contributed by atoms with E-state index in [1.165, 1.54) is 4.90 Å². The van der Waals surface area contributed by atoms with Gasteiger partial charge in [-0.1, -0.05) is 20.8 Å². The molecule has 1 aliphatic heterocycles. The lowest BCUT2D eigenvalue weighted by atomic mass is 9.97. The molecule has 2 atom stereocenters. The molecular formula is C19H36N4O3. The molecule has 7 heteroatoms. The number of nitrogens with two attached hydrogens (primary N) is 2. The first-order chi connectivity index (χ1) is 12.1. The zero-order valence-corrected chi connectivity index (χ0v) is 17.3. The van der Waals surface area contributed by atoms with Crippen molar-refractivity contribution < 1.29 is 14.3 Å². The molecule has 7 nitrogen and oxygen atoms in total. The third-order valence-electron chi connectivity index (χ3n) is 4.08. The monoisotopic (exact) mass is 368 g/mol. The summed E-state index contributed by atoms with van der Waals surface area (Å²) in [5.74, 6) is -0.262. The molecule has 0 radical (unpaired) electrons. The Hall–Kier alpha value is -2.07. The topological polar surface area (TPSA) is 111 Å². The van der Waals surface area contributed by atoms with E-state index < -0.39 is 5.54 Å². The maximum absolute atomic E-state index is 12.1. The standard InChI is InChI=1S/C12H20N4O2.C3H8O.C2H6.C2H2/c1-11(2)5-8(17)16(10(14)15-11)6-12(3)4-7(12)9(13)18;1-3-4-2;2*1-2/h7H,4-6H2,1-3H3,(H2,13,18)(H2,14,15);3H2,1-2H3;1-2H3;1-2H/t7?,12-;;;/m1.../s1. The van der Waals surface area contributed by atoms with Crippen LogP contribution in [0.5, 0.6) is 0 Å². The quantitative estimate of drug-likeness (QED) is 0.736. The molecule has 1 aliphatic carbocycles. The molecule has 2 aliphatic rings. The fourth-order valence-electron chi connectivity index (χ4n) is 2.56. The Labute approximate surface area is 158 Å². The summed E-state index contributed by atoms with van der Waals surface area (Å²) >= 11 is 0. The second kappa shape index (κ2) is 11.5. The minimum atomic E-state index is -0.439. The molecule has 26 heavy (non-hydrogen) atoms. The van der Waals surface area contributed by atoms with Gasteiger partial charge in [-0.25, -0.2) is 4.99 Å². The fourth-order valence-corrected chi connectivity index (χ4v) is 2.56. The normalized spacial score (nSPS) is 25.1. The number of carbonyl (C=O) groups excluding carboxylic acids is 2. The molecular weight excluding hydrogens is 332 g/mol. The third-order valence-corrected chi connectivity index (χ3v) is 4.08. The van der Waals surface area contributed by atoms with E-state index in [4.69, 9.17) is 11.5 Å². The molecule has 0 aromatic heterocycles. The summed E-state index contributed by atoms with van der Waals surface area (Å²) < 4.78 is 4.54. The number of methoxy groups -OCH3 is 1. The van der Waals surface area contributed by atoms with E-state index in [1.54, 1.807) is 7.11 Å². The highest BCUT2D eigenvalue weighted by Gasteiger charge is 2.55. The summed E-state index contributed by atoms with van der Waals surface area (Å²) in [7, 11) is 1.68.